The Hall–Kier alpha value is -0.230. The Labute approximate surface area is 153 Å². The first-order valence-electron chi connectivity index (χ1n) is 7.73. The number of aliphatic imine (C=N–C) groups is 1. The highest BCUT2D eigenvalue weighted by molar-refractivity contribution is 14.0. The van der Waals surface area contributed by atoms with Crippen molar-refractivity contribution in [1.82, 2.24) is 9.62 Å². The number of nitrogens with one attached hydrogen (secondary N) is 1. The minimum absolute atomic E-state index is 0. The van der Waals surface area contributed by atoms with Crippen molar-refractivity contribution in [2.24, 2.45) is 16.6 Å². The van der Waals surface area contributed by atoms with E-state index >= 15 is 0 Å². The molecule has 0 radical (unpaired) electrons. The van der Waals surface area contributed by atoms with Crippen LogP contribution in [0.1, 0.15) is 38.5 Å². The number of hydrogen-bond acceptors (Lipinski definition) is 3. The molecule has 2 rings (SSSR count). The second-order valence-electron chi connectivity index (χ2n) is 6.00. The largest absolute Gasteiger partial charge is 0.370 e. The summed E-state index contributed by atoms with van der Waals surface area (Å²) < 4.78 is 48.5. The molecule has 0 aromatic rings. The molecule has 0 aromatic heterocycles. The molecule has 6 nitrogen and oxygen atoms in total. The smallest absolute Gasteiger partial charge is 0.350 e. The quantitative estimate of drug-likeness (QED) is 0.367. The molecule has 2 fully saturated rings. The summed E-state index contributed by atoms with van der Waals surface area (Å²) in [6.45, 7) is 0.764. The van der Waals surface area contributed by atoms with Crippen LogP contribution in [0, 0.1) is 5.92 Å². The molecule has 1 heterocycles. The molecule has 1 aliphatic heterocycles. The Morgan fingerprint density at radius 3 is 2.30 bits per heavy atom. The summed E-state index contributed by atoms with van der Waals surface area (Å²) in [5, 5.41) is 3.19. The molecular formula is C13H25F2IN4O2S. The number of hydrogen-bond donors (Lipinski definition) is 2. The van der Waals surface area contributed by atoms with Crippen LogP contribution in [-0.2, 0) is 10.0 Å². The SMILES string of the molecule is I.NC(=NCC1CCN(S(=O)(=O)C(F)F)CC1)NC1CCCC1. The highest BCUT2D eigenvalue weighted by Gasteiger charge is 2.34. The number of nitrogens with two attached hydrogens (primary N) is 1. The lowest BCUT2D eigenvalue weighted by Gasteiger charge is -2.30. The molecule has 0 unspecified atom stereocenters. The molecule has 2 aliphatic rings. The van der Waals surface area contributed by atoms with Crippen LogP contribution in [0.2, 0.25) is 0 Å². The highest BCUT2D eigenvalue weighted by Crippen LogP contribution is 2.23. The molecule has 0 spiro atoms. The van der Waals surface area contributed by atoms with Gasteiger partial charge in [-0.25, -0.2) is 8.42 Å². The van der Waals surface area contributed by atoms with Crippen molar-refractivity contribution in [2.75, 3.05) is 19.6 Å². The first-order chi connectivity index (χ1) is 10.4. The van der Waals surface area contributed by atoms with Gasteiger partial charge >= 0.3 is 5.76 Å². The monoisotopic (exact) mass is 466 g/mol. The van der Waals surface area contributed by atoms with Crippen LogP contribution in [0.3, 0.4) is 0 Å². The molecule has 3 N–H and O–H groups in total. The zero-order chi connectivity index (χ0) is 16.2. The number of alkyl halides is 2. The third-order valence-corrected chi connectivity index (χ3v) is 5.92. The van der Waals surface area contributed by atoms with E-state index in [0.717, 1.165) is 17.1 Å². The van der Waals surface area contributed by atoms with Crippen LogP contribution < -0.4 is 11.1 Å². The van der Waals surface area contributed by atoms with Gasteiger partial charge in [0.2, 0.25) is 0 Å². The molecule has 1 saturated heterocycles. The Morgan fingerprint density at radius 1 is 1.22 bits per heavy atom. The minimum atomic E-state index is -4.44. The molecule has 136 valence electrons. The number of sulfonamides is 1. The summed E-state index contributed by atoms with van der Waals surface area (Å²) >= 11 is 0. The van der Waals surface area contributed by atoms with Crippen LogP contribution in [0.4, 0.5) is 8.78 Å². The second-order valence-corrected chi connectivity index (χ2v) is 7.90. The Morgan fingerprint density at radius 2 is 1.78 bits per heavy atom. The van der Waals surface area contributed by atoms with Gasteiger partial charge in [0.05, 0.1) is 0 Å². The van der Waals surface area contributed by atoms with E-state index in [-0.39, 0.29) is 43.0 Å². The third-order valence-electron chi connectivity index (χ3n) is 4.39. The second kappa shape index (κ2) is 9.30. The lowest BCUT2D eigenvalue weighted by molar-refractivity contribution is 0.205. The molecule has 1 aliphatic carbocycles. The number of guanidine groups is 1. The lowest BCUT2D eigenvalue weighted by atomic mass is 9.98. The van der Waals surface area contributed by atoms with Gasteiger partial charge in [-0.3, -0.25) is 4.99 Å². The van der Waals surface area contributed by atoms with Gasteiger partial charge in [-0.2, -0.15) is 13.1 Å². The van der Waals surface area contributed by atoms with Gasteiger partial charge in [-0.1, -0.05) is 12.8 Å². The van der Waals surface area contributed by atoms with Crippen LogP contribution in [-0.4, -0.2) is 50.1 Å². The fourth-order valence-electron chi connectivity index (χ4n) is 3.01. The van der Waals surface area contributed by atoms with E-state index in [0.29, 0.717) is 31.4 Å². The fourth-order valence-corrected chi connectivity index (χ4v) is 3.96. The van der Waals surface area contributed by atoms with Crippen LogP contribution in [0.5, 0.6) is 0 Å². The summed E-state index contributed by atoms with van der Waals surface area (Å²) in [7, 11) is -4.44. The Kier molecular flexibility index (Phi) is 8.42. The molecule has 0 amide bonds. The van der Waals surface area contributed by atoms with Gasteiger partial charge in [-0.05, 0) is 31.6 Å². The van der Waals surface area contributed by atoms with Gasteiger partial charge in [0.15, 0.2) is 5.96 Å². The fraction of sp³-hybridized carbons (Fsp3) is 0.923. The topological polar surface area (TPSA) is 87.8 Å². The predicted octanol–water partition coefficient (Wildman–Crippen LogP) is 1.72. The van der Waals surface area contributed by atoms with Crippen molar-refractivity contribution in [1.29, 1.82) is 0 Å². The van der Waals surface area contributed by atoms with Gasteiger partial charge in [0, 0.05) is 25.7 Å². The molecule has 23 heavy (non-hydrogen) atoms. The van der Waals surface area contributed by atoms with Gasteiger partial charge in [-0.15, -0.1) is 24.0 Å². The maximum absolute atomic E-state index is 12.5. The van der Waals surface area contributed by atoms with Crippen molar-refractivity contribution in [3.8, 4) is 0 Å². The van der Waals surface area contributed by atoms with E-state index in [1.165, 1.54) is 12.8 Å². The predicted molar refractivity (Wildman–Crippen MR) is 96.5 cm³/mol. The third kappa shape index (κ3) is 5.96. The summed E-state index contributed by atoms with van der Waals surface area (Å²) in [4.78, 5) is 4.30. The molecular weight excluding hydrogens is 441 g/mol. The standard InChI is InChI=1S/C13H24F2N4O2S.HI/c14-12(15)22(20,21)19-7-5-10(6-8-19)9-17-13(16)18-11-3-1-2-4-11;/h10-12H,1-9H2,(H3,16,17,18);1H. The number of halogens is 3. The van der Waals surface area contributed by atoms with Crippen molar-refractivity contribution >= 4 is 40.0 Å². The molecule has 10 heteroatoms. The van der Waals surface area contributed by atoms with E-state index in [1.807, 2.05) is 0 Å². The van der Waals surface area contributed by atoms with Crippen LogP contribution in [0.15, 0.2) is 4.99 Å². The summed E-state index contributed by atoms with van der Waals surface area (Å²) in [5.74, 6) is -2.73. The zero-order valence-electron chi connectivity index (χ0n) is 13.0. The van der Waals surface area contributed by atoms with Crippen molar-refractivity contribution in [2.45, 2.75) is 50.3 Å². The van der Waals surface area contributed by atoms with Crippen molar-refractivity contribution in [3.05, 3.63) is 0 Å². The summed E-state index contributed by atoms with van der Waals surface area (Å²) in [5.41, 5.74) is 5.84. The van der Waals surface area contributed by atoms with Gasteiger partial charge < -0.3 is 11.1 Å². The molecule has 0 bridgehead atoms. The van der Waals surface area contributed by atoms with Crippen LogP contribution in [0.25, 0.3) is 0 Å². The minimum Gasteiger partial charge on any atom is -0.370 e. The average Bonchev–Trinajstić information content (AvgIpc) is 2.98. The summed E-state index contributed by atoms with van der Waals surface area (Å²) in [6.07, 6.45) is 5.71. The van der Waals surface area contributed by atoms with E-state index in [4.69, 9.17) is 5.73 Å². The maximum atomic E-state index is 12.5. The molecule has 0 atom stereocenters. The van der Waals surface area contributed by atoms with E-state index in [2.05, 4.69) is 10.3 Å². The van der Waals surface area contributed by atoms with Crippen molar-refractivity contribution in [3.63, 3.8) is 0 Å². The molecule has 1 saturated carbocycles. The normalized spacial score (nSPS) is 22.3. The van der Waals surface area contributed by atoms with Gasteiger partial charge in [0.25, 0.3) is 10.0 Å². The maximum Gasteiger partial charge on any atom is 0.350 e. The zero-order valence-corrected chi connectivity index (χ0v) is 16.1. The van der Waals surface area contributed by atoms with Gasteiger partial charge in [0.1, 0.15) is 0 Å². The highest BCUT2D eigenvalue weighted by atomic mass is 127. The lowest BCUT2D eigenvalue weighted by Crippen LogP contribution is -2.42. The Bertz CT molecular complexity index is 490. The first kappa shape index (κ1) is 20.8. The molecule has 0 aromatic carbocycles. The average molecular weight is 466 g/mol. The van der Waals surface area contributed by atoms with Crippen LogP contribution >= 0.6 is 24.0 Å². The van der Waals surface area contributed by atoms with E-state index in [1.54, 1.807) is 0 Å². The number of rotatable bonds is 5. The Balaban J connectivity index is 0.00000264. The number of nitrogens with zero attached hydrogens (tertiary/aromatic N) is 2. The van der Waals surface area contributed by atoms with E-state index in [9.17, 15) is 17.2 Å². The summed E-state index contributed by atoms with van der Waals surface area (Å²) in [6, 6.07) is 0.404. The van der Waals surface area contributed by atoms with E-state index < -0.39 is 15.8 Å². The first-order valence-corrected chi connectivity index (χ1v) is 9.23. The van der Waals surface area contributed by atoms with Crippen molar-refractivity contribution < 1.29 is 17.2 Å². The number of piperidine rings is 1.